The SMILES string of the molecule is CCn1c(SCC(=O)Nc2c(C)cc(C)cc2C)nc2c(c1=O)S[C@H](C)C2. The molecule has 27 heavy (non-hydrogen) atoms. The summed E-state index contributed by atoms with van der Waals surface area (Å²) in [5.41, 5.74) is 5.04. The minimum Gasteiger partial charge on any atom is -0.325 e. The number of rotatable bonds is 5. The van der Waals surface area contributed by atoms with Crippen LogP contribution in [0, 0.1) is 20.8 Å². The molecule has 1 atom stereocenters. The Morgan fingerprint density at radius 2 is 2.00 bits per heavy atom. The summed E-state index contributed by atoms with van der Waals surface area (Å²) in [5.74, 6) is 0.135. The maximum absolute atomic E-state index is 12.7. The summed E-state index contributed by atoms with van der Waals surface area (Å²) in [6.07, 6.45) is 0.807. The van der Waals surface area contributed by atoms with E-state index < -0.39 is 0 Å². The topological polar surface area (TPSA) is 64.0 Å². The van der Waals surface area contributed by atoms with E-state index in [1.807, 2.05) is 27.7 Å². The van der Waals surface area contributed by atoms with Gasteiger partial charge in [0.05, 0.1) is 16.3 Å². The van der Waals surface area contributed by atoms with E-state index >= 15 is 0 Å². The molecule has 1 aliphatic heterocycles. The number of thioether (sulfide) groups is 2. The van der Waals surface area contributed by atoms with Crippen molar-refractivity contribution in [2.24, 2.45) is 0 Å². The molecule has 2 heterocycles. The molecular weight excluding hydrogens is 378 g/mol. The fourth-order valence-corrected chi connectivity index (χ4v) is 5.40. The zero-order valence-corrected chi connectivity index (χ0v) is 18.0. The van der Waals surface area contributed by atoms with Crippen molar-refractivity contribution in [1.29, 1.82) is 0 Å². The van der Waals surface area contributed by atoms with Crippen LogP contribution >= 0.6 is 23.5 Å². The third kappa shape index (κ3) is 4.24. The van der Waals surface area contributed by atoms with E-state index in [0.29, 0.717) is 17.0 Å². The average molecular weight is 404 g/mol. The molecule has 0 fully saturated rings. The smallest absolute Gasteiger partial charge is 0.268 e. The maximum Gasteiger partial charge on any atom is 0.268 e. The van der Waals surface area contributed by atoms with Crippen LogP contribution in [0.2, 0.25) is 0 Å². The molecule has 1 aromatic carbocycles. The summed E-state index contributed by atoms with van der Waals surface area (Å²) in [4.78, 5) is 30.7. The number of fused-ring (bicyclic) bond motifs is 1. The predicted molar refractivity (Wildman–Crippen MR) is 113 cm³/mol. The Morgan fingerprint density at radius 3 is 2.63 bits per heavy atom. The largest absolute Gasteiger partial charge is 0.325 e. The lowest BCUT2D eigenvalue weighted by Crippen LogP contribution is -2.25. The van der Waals surface area contributed by atoms with Crippen LogP contribution in [0.25, 0.3) is 0 Å². The van der Waals surface area contributed by atoms with Crippen LogP contribution < -0.4 is 10.9 Å². The lowest BCUT2D eigenvalue weighted by atomic mass is 10.1. The lowest BCUT2D eigenvalue weighted by Gasteiger charge is -2.14. The summed E-state index contributed by atoms with van der Waals surface area (Å²) < 4.78 is 1.67. The standard InChI is InChI=1S/C20H25N3O2S2/c1-6-23-19(25)18-15(9-14(5)27-18)21-20(23)26-10-16(24)22-17-12(3)7-11(2)8-13(17)4/h7-8,14H,6,9-10H2,1-5H3,(H,22,24)/t14-/m1/s1. The maximum atomic E-state index is 12.7. The molecule has 0 unspecified atom stereocenters. The number of aromatic nitrogens is 2. The molecule has 2 aromatic rings. The molecule has 1 aliphatic rings. The van der Waals surface area contributed by atoms with Crippen LogP contribution in [0.5, 0.6) is 0 Å². The van der Waals surface area contributed by atoms with Gasteiger partial charge in [0, 0.05) is 23.9 Å². The monoisotopic (exact) mass is 403 g/mol. The molecule has 0 saturated carbocycles. The number of benzene rings is 1. The third-order valence-corrected chi connectivity index (χ3v) is 6.74. The van der Waals surface area contributed by atoms with E-state index in [-0.39, 0.29) is 17.2 Å². The first-order valence-electron chi connectivity index (χ1n) is 9.11. The molecule has 0 aliphatic carbocycles. The van der Waals surface area contributed by atoms with Gasteiger partial charge in [0.1, 0.15) is 0 Å². The van der Waals surface area contributed by atoms with E-state index in [2.05, 4.69) is 29.4 Å². The first kappa shape index (κ1) is 20.0. The fraction of sp³-hybridized carbons (Fsp3) is 0.450. The number of amides is 1. The van der Waals surface area contributed by atoms with Gasteiger partial charge in [-0.1, -0.05) is 36.4 Å². The van der Waals surface area contributed by atoms with Gasteiger partial charge in [-0.3, -0.25) is 14.2 Å². The van der Waals surface area contributed by atoms with E-state index in [9.17, 15) is 9.59 Å². The highest BCUT2D eigenvalue weighted by molar-refractivity contribution is 8.00. The molecule has 0 spiro atoms. The van der Waals surface area contributed by atoms with Gasteiger partial charge in [0.2, 0.25) is 5.91 Å². The summed E-state index contributed by atoms with van der Waals surface area (Å²) in [6, 6.07) is 4.12. The molecule has 7 heteroatoms. The van der Waals surface area contributed by atoms with Gasteiger partial charge in [-0.2, -0.15) is 0 Å². The minimum atomic E-state index is -0.0878. The molecule has 5 nitrogen and oxygen atoms in total. The molecule has 3 rings (SSSR count). The number of nitrogens with one attached hydrogen (secondary N) is 1. The summed E-state index contributed by atoms with van der Waals surface area (Å²) in [7, 11) is 0. The number of nitrogens with zero attached hydrogens (tertiary/aromatic N) is 2. The second-order valence-electron chi connectivity index (χ2n) is 6.96. The number of hydrogen-bond acceptors (Lipinski definition) is 5. The van der Waals surface area contributed by atoms with Gasteiger partial charge in [-0.25, -0.2) is 4.98 Å². The third-order valence-electron chi connectivity index (χ3n) is 4.55. The molecule has 144 valence electrons. The van der Waals surface area contributed by atoms with Crippen LogP contribution in [0.4, 0.5) is 5.69 Å². The predicted octanol–water partition coefficient (Wildman–Crippen LogP) is 3.96. The Balaban J connectivity index is 1.76. The second-order valence-corrected chi connectivity index (χ2v) is 9.35. The Bertz CT molecular complexity index is 930. The highest BCUT2D eigenvalue weighted by Crippen LogP contribution is 2.34. The van der Waals surface area contributed by atoms with Crippen molar-refractivity contribution in [3.8, 4) is 0 Å². The Morgan fingerprint density at radius 1 is 1.33 bits per heavy atom. The van der Waals surface area contributed by atoms with Gasteiger partial charge in [0.25, 0.3) is 5.56 Å². The van der Waals surface area contributed by atoms with Gasteiger partial charge >= 0.3 is 0 Å². The second kappa shape index (κ2) is 8.10. The van der Waals surface area contributed by atoms with Crippen molar-refractivity contribution in [3.05, 3.63) is 44.9 Å². The zero-order chi connectivity index (χ0) is 19.7. The van der Waals surface area contributed by atoms with E-state index in [4.69, 9.17) is 0 Å². The van der Waals surface area contributed by atoms with Gasteiger partial charge in [-0.15, -0.1) is 11.8 Å². The number of anilines is 1. The highest BCUT2D eigenvalue weighted by Gasteiger charge is 2.26. The number of carbonyl (C=O) groups is 1. The van der Waals surface area contributed by atoms with Gasteiger partial charge in [-0.05, 0) is 38.8 Å². The zero-order valence-electron chi connectivity index (χ0n) is 16.4. The Hall–Kier alpha value is -1.73. The van der Waals surface area contributed by atoms with Crippen molar-refractivity contribution in [3.63, 3.8) is 0 Å². The average Bonchev–Trinajstić information content (AvgIpc) is 2.97. The van der Waals surface area contributed by atoms with Crippen molar-refractivity contribution < 1.29 is 4.79 Å². The fourth-order valence-electron chi connectivity index (χ4n) is 3.40. The Labute approximate surface area is 168 Å². The number of carbonyl (C=O) groups excluding carboxylic acids is 1. The molecule has 0 bridgehead atoms. The van der Waals surface area contributed by atoms with Crippen LogP contribution in [0.3, 0.4) is 0 Å². The van der Waals surface area contributed by atoms with Crippen LogP contribution in [0.15, 0.2) is 27.0 Å². The quantitative estimate of drug-likeness (QED) is 0.605. The first-order valence-corrected chi connectivity index (χ1v) is 11.0. The number of hydrogen-bond donors (Lipinski definition) is 1. The van der Waals surface area contributed by atoms with Crippen molar-refractivity contribution in [2.45, 2.75) is 62.9 Å². The van der Waals surface area contributed by atoms with Crippen LogP contribution in [-0.4, -0.2) is 26.5 Å². The first-order chi connectivity index (χ1) is 12.8. The summed E-state index contributed by atoms with van der Waals surface area (Å²) in [5, 5.41) is 4.01. The van der Waals surface area contributed by atoms with Crippen LogP contribution in [0.1, 0.15) is 36.2 Å². The molecular formula is C20H25N3O2S2. The normalized spacial score (nSPS) is 15.7. The Kier molecular flexibility index (Phi) is 6.01. The van der Waals surface area contributed by atoms with Crippen LogP contribution in [-0.2, 0) is 17.8 Å². The highest BCUT2D eigenvalue weighted by atomic mass is 32.2. The lowest BCUT2D eigenvalue weighted by molar-refractivity contribution is -0.113. The van der Waals surface area contributed by atoms with Crippen molar-refractivity contribution in [2.75, 3.05) is 11.1 Å². The van der Waals surface area contributed by atoms with E-state index in [1.54, 1.807) is 16.3 Å². The van der Waals surface area contributed by atoms with E-state index in [0.717, 1.165) is 33.8 Å². The molecule has 1 amide bonds. The number of aryl methyl sites for hydroxylation is 3. The summed E-state index contributed by atoms with van der Waals surface area (Å²) >= 11 is 2.93. The molecule has 0 radical (unpaired) electrons. The van der Waals surface area contributed by atoms with Crippen molar-refractivity contribution >= 4 is 35.1 Å². The summed E-state index contributed by atoms with van der Waals surface area (Å²) in [6.45, 7) is 10.6. The molecule has 1 N–H and O–H groups in total. The minimum absolute atomic E-state index is 0.0185. The van der Waals surface area contributed by atoms with Gasteiger partial charge < -0.3 is 5.32 Å². The molecule has 0 saturated heterocycles. The molecule has 1 aromatic heterocycles. The van der Waals surface area contributed by atoms with E-state index in [1.165, 1.54) is 17.3 Å². The van der Waals surface area contributed by atoms with Crippen molar-refractivity contribution in [1.82, 2.24) is 9.55 Å². The van der Waals surface area contributed by atoms with Gasteiger partial charge in [0.15, 0.2) is 5.16 Å².